The summed E-state index contributed by atoms with van der Waals surface area (Å²) in [6.45, 7) is 0. The molecule has 2 aromatic heterocycles. The minimum absolute atomic E-state index is 0.203. The third kappa shape index (κ3) is 3.87. The van der Waals surface area contributed by atoms with Gasteiger partial charge in [-0.2, -0.15) is 4.98 Å². The zero-order valence-corrected chi connectivity index (χ0v) is 16.1. The Bertz CT molecular complexity index is 1100. The molecule has 0 spiro atoms. The third-order valence-electron chi connectivity index (χ3n) is 3.81. The Kier molecular flexibility index (Phi) is 4.93. The Morgan fingerprint density at radius 2 is 1.85 bits per heavy atom. The number of amides is 1. The fourth-order valence-corrected chi connectivity index (χ4v) is 3.08. The van der Waals surface area contributed by atoms with Crippen molar-refractivity contribution in [3.63, 3.8) is 0 Å². The van der Waals surface area contributed by atoms with Crippen molar-refractivity contribution in [1.29, 1.82) is 0 Å². The average molecular weight is 468 g/mol. The number of pyridine rings is 1. The molecule has 6 nitrogen and oxygen atoms in total. The SMILES string of the molecule is O=C(Nc1ccccc1-c1nc(-c2ccccn2)no1)c1cccc(I)c1. The maximum absolute atomic E-state index is 12.6. The number of para-hydroxylation sites is 1. The van der Waals surface area contributed by atoms with Gasteiger partial charge in [-0.25, -0.2) is 0 Å². The van der Waals surface area contributed by atoms with Crippen LogP contribution in [0, 0.1) is 3.57 Å². The first kappa shape index (κ1) is 17.3. The van der Waals surface area contributed by atoms with E-state index in [1.807, 2.05) is 48.5 Å². The van der Waals surface area contributed by atoms with Crippen LogP contribution in [0.15, 0.2) is 77.4 Å². The van der Waals surface area contributed by atoms with E-state index >= 15 is 0 Å². The van der Waals surface area contributed by atoms with Gasteiger partial charge in [0.15, 0.2) is 0 Å². The molecular formula is C20H13IN4O2. The van der Waals surface area contributed by atoms with E-state index < -0.39 is 0 Å². The van der Waals surface area contributed by atoms with Gasteiger partial charge in [-0.05, 0) is 65.1 Å². The molecule has 0 saturated heterocycles. The molecule has 0 bridgehead atoms. The maximum atomic E-state index is 12.6. The summed E-state index contributed by atoms with van der Waals surface area (Å²) in [4.78, 5) is 21.2. The molecule has 4 rings (SSSR count). The van der Waals surface area contributed by atoms with E-state index in [9.17, 15) is 4.79 Å². The second-order valence-corrected chi connectivity index (χ2v) is 6.89. The molecular weight excluding hydrogens is 455 g/mol. The summed E-state index contributed by atoms with van der Waals surface area (Å²) in [6.07, 6.45) is 1.67. The van der Waals surface area contributed by atoms with Gasteiger partial charge in [0.1, 0.15) is 5.69 Å². The minimum atomic E-state index is -0.203. The number of halogens is 1. The van der Waals surface area contributed by atoms with Gasteiger partial charge in [0.05, 0.1) is 11.3 Å². The van der Waals surface area contributed by atoms with Crippen LogP contribution in [-0.4, -0.2) is 21.0 Å². The van der Waals surface area contributed by atoms with Gasteiger partial charge in [0.2, 0.25) is 5.82 Å². The van der Waals surface area contributed by atoms with Crippen molar-refractivity contribution in [3.05, 3.63) is 82.1 Å². The summed E-state index contributed by atoms with van der Waals surface area (Å²) in [5.74, 6) is 0.504. The fraction of sp³-hybridized carbons (Fsp3) is 0. The van der Waals surface area contributed by atoms with Crippen LogP contribution in [0.2, 0.25) is 0 Å². The van der Waals surface area contributed by atoms with Crippen LogP contribution in [-0.2, 0) is 0 Å². The van der Waals surface area contributed by atoms with Crippen molar-refractivity contribution in [1.82, 2.24) is 15.1 Å². The van der Waals surface area contributed by atoms with E-state index in [4.69, 9.17) is 4.52 Å². The summed E-state index contributed by atoms with van der Waals surface area (Å²) in [5, 5.41) is 6.91. The first-order valence-corrected chi connectivity index (χ1v) is 9.20. The van der Waals surface area contributed by atoms with E-state index in [-0.39, 0.29) is 5.91 Å². The Morgan fingerprint density at radius 1 is 1.00 bits per heavy atom. The van der Waals surface area contributed by atoms with Gasteiger partial charge < -0.3 is 9.84 Å². The largest absolute Gasteiger partial charge is 0.333 e. The van der Waals surface area contributed by atoms with Crippen molar-refractivity contribution in [3.8, 4) is 23.0 Å². The molecule has 0 aliphatic heterocycles. The standard InChI is InChI=1S/C20H13IN4O2/c21-14-7-5-6-13(12-14)19(26)23-16-9-2-1-8-15(16)20-24-18(25-27-20)17-10-3-4-11-22-17/h1-12H,(H,23,26). The molecule has 1 N–H and O–H groups in total. The number of aromatic nitrogens is 3. The van der Waals surface area contributed by atoms with Crippen LogP contribution in [0.25, 0.3) is 23.0 Å². The van der Waals surface area contributed by atoms with Crippen molar-refractivity contribution < 1.29 is 9.32 Å². The van der Waals surface area contributed by atoms with Crippen LogP contribution in [0.3, 0.4) is 0 Å². The first-order valence-electron chi connectivity index (χ1n) is 8.12. The van der Waals surface area contributed by atoms with E-state index in [0.717, 1.165) is 3.57 Å². The van der Waals surface area contributed by atoms with Crippen molar-refractivity contribution in [2.45, 2.75) is 0 Å². The molecule has 27 heavy (non-hydrogen) atoms. The molecule has 4 aromatic rings. The summed E-state index contributed by atoms with van der Waals surface area (Å²) in [6, 6.07) is 20.2. The first-order chi connectivity index (χ1) is 13.2. The second kappa shape index (κ2) is 7.67. The van der Waals surface area contributed by atoms with E-state index in [2.05, 4.69) is 43.0 Å². The number of anilines is 1. The van der Waals surface area contributed by atoms with Crippen molar-refractivity contribution in [2.24, 2.45) is 0 Å². The molecule has 0 saturated carbocycles. The molecule has 2 heterocycles. The number of benzene rings is 2. The number of carbonyl (C=O) groups excluding carboxylic acids is 1. The molecule has 0 unspecified atom stereocenters. The van der Waals surface area contributed by atoms with Gasteiger partial charge in [0, 0.05) is 15.3 Å². The molecule has 2 aromatic carbocycles. The van der Waals surface area contributed by atoms with Crippen LogP contribution in [0.5, 0.6) is 0 Å². The number of nitrogens with one attached hydrogen (secondary N) is 1. The van der Waals surface area contributed by atoms with E-state index in [1.165, 1.54) is 0 Å². The smallest absolute Gasteiger partial charge is 0.260 e. The topological polar surface area (TPSA) is 80.9 Å². The van der Waals surface area contributed by atoms with Crippen molar-refractivity contribution >= 4 is 34.2 Å². The lowest BCUT2D eigenvalue weighted by Crippen LogP contribution is -2.12. The summed E-state index contributed by atoms with van der Waals surface area (Å²) < 4.78 is 6.39. The van der Waals surface area contributed by atoms with Crippen LogP contribution in [0.1, 0.15) is 10.4 Å². The molecule has 0 aliphatic rings. The highest BCUT2D eigenvalue weighted by Crippen LogP contribution is 2.28. The monoisotopic (exact) mass is 468 g/mol. The zero-order chi connectivity index (χ0) is 18.6. The van der Waals surface area contributed by atoms with Gasteiger partial charge in [-0.1, -0.05) is 29.4 Å². The number of nitrogens with zero attached hydrogens (tertiary/aromatic N) is 3. The number of hydrogen-bond donors (Lipinski definition) is 1. The quantitative estimate of drug-likeness (QED) is 0.441. The lowest BCUT2D eigenvalue weighted by atomic mass is 10.1. The summed E-state index contributed by atoms with van der Waals surface area (Å²) in [7, 11) is 0. The van der Waals surface area contributed by atoms with Gasteiger partial charge in [-0.3, -0.25) is 9.78 Å². The fourth-order valence-electron chi connectivity index (χ4n) is 2.53. The Balaban J connectivity index is 1.64. The second-order valence-electron chi connectivity index (χ2n) is 5.65. The predicted molar refractivity (Wildman–Crippen MR) is 110 cm³/mol. The average Bonchev–Trinajstić information content (AvgIpc) is 3.19. The lowest BCUT2D eigenvalue weighted by molar-refractivity contribution is 0.102. The molecule has 0 atom stereocenters. The van der Waals surface area contributed by atoms with Gasteiger partial charge in [0.25, 0.3) is 11.8 Å². The Morgan fingerprint density at radius 3 is 2.67 bits per heavy atom. The highest BCUT2D eigenvalue weighted by atomic mass is 127. The molecule has 0 fully saturated rings. The Hall–Kier alpha value is -3.07. The van der Waals surface area contributed by atoms with Crippen LogP contribution >= 0.6 is 22.6 Å². The van der Waals surface area contributed by atoms with Crippen LogP contribution < -0.4 is 5.32 Å². The molecule has 7 heteroatoms. The number of rotatable bonds is 4. The number of hydrogen-bond acceptors (Lipinski definition) is 5. The van der Waals surface area contributed by atoms with E-state index in [1.54, 1.807) is 24.4 Å². The lowest BCUT2D eigenvalue weighted by Gasteiger charge is -2.08. The summed E-state index contributed by atoms with van der Waals surface area (Å²) >= 11 is 2.17. The van der Waals surface area contributed by atoms with E-state index in [0.29, 0.717) is 34.2 Å². The normalized spacial score (nSPS) is 10.6. The zero-order valence-electron chi connectivity index (χ0n) is 14.0. The predicted octanol–water partition coefficient (Wildman–Crippen LogP) is 4.66. The van der Waals surface area contributed by atoms with Gasteiger partial charge in [-0.15, -0.1) is 0 Å². The van der Waals surface area contributed by atoms with Crippen LogP contribution in [0.4, 0.5) is 5.69 Å². The molecule has 132 valence electrons. The maximum Gasteiger partial charge on any atom is 0.260 e. The minimum Gasteiger partial charge on any atom is -0.333 e. The highest BCUT2D eigenvalue weighted by molar-refractivity contribution is 14.1. The summed E-state index contributed by atoms with van der Waals surface area (Å²) in [5.41, 5.74) is 2.44. The highest BCUT2D eigenvalue weighted by Gasteiger charge is 2.16. The number of carbonyl (C=O) groups is 1. The Labute approximate surface area is 168 Å². The molecule has 1 amide bonds. The third-order valence-corrected chi connectivity index (χ3v) is 4.48. The molecule has 0 radical (unpaired) electrons. The molecule has 0 aliphatic carbocycles. The van der Waals surface area contributed by atoms with Crippen molar-refractivity contribution in [2.75, 3.05) is 5.32 Å². The van der Waals surface area contributed by atoms with Gasteiger partial charge >= 0.3 is 0 Å².